The molecule has 1 heterocycles. The van der Waals surface area contributed by atoms with Crippen LogP contribution in [0, 0.1) is 18.3 Å². The lowest BCUT2D eigenvalue weighted by molar-refractivity contribution is 0.911. The normalized spacial score (nSPS) is 18.2. The fourth-order valence-corrected chi connectivity index (χ4v) is 2.76. The second-order valence-corrected chi connectivity index (χ2v) is 4.65. The lowest BCUT2D eigenvalue weighted by atomic mass is 10.1. The Labute approximate surface area is 82.2 Å². The van der Waals surface area contributed by atoms with E-state index in [9.17, 15) is 0 Å². The van der Waals surface area contributed by atoms with Crippen molar-refractivity contribution in [2.45, 2.75) is 38.5 Å². The second-order valence-electron chi connectivity index (χ2n) is 3.57. The third-order valence-electron chi connectivity index (χ3n) is 2.54. The molecule has 2 rings (SSSR count). The number of nitriles is 1. The fourth-order valence-electron chi connectivity index (χ4n) is 1.56. The number of nitrogens with zero attached hydrogens (tertiary/aromatic N) is 2. The first-order valence-electron chi connectivity index (χ1n) is 4.60. The van der Waals surface area contributed by atoms with Gasteiger partial charge in [-0.25, -0.2) is 4.98 Å². The summed E-state index contributed by atoms with van der Waals surface area (Å²) in [5.41, 5.74) is 0.927. The summed E-state index contributed by atoms with van der Waals surface area (Å²) in [6.07, 6.45) is 3.03. The highest BCUT2D eigenvalue weighted by molar-refractivity contribution is 7.12. The largest absolute Gasteiger partial charge is 0.246 e. The molecule has 0 aromatic carbocycles. The van der Waals surface area contributed by atoms with Crippen molar-refractivity contribution in [2.75, 3.05) is 0 Å². The SMILES string of the molecule is CCc1nc(C)c(C2(C#N)CC2)s1. The molecule has 0 spiro atoms. The lowest BCUT2D eigenvalue weighted by Gasteiger charge is -2.00. The summed E-state index contributed by atoms with van der Waals surface area (Å²) in [7, 11) is 0. The molecular formula is C10H12N2S. The molecule has 13 heavy (non-hydrogen) atoms. The molecule has 0 N–H and O–H groups in total. The second kappa shape index (κ2) is 2.81. The molecule has 0 unspecified atom stereocenters. The predicted molar refractivity (Wildman–Crippen MR) is 52.8 cm³/mol. The number of hydrogen-bond acceptors (Lipinski definition) is 3. The Bertz CT molecular complexity index is 369. The first-order chi connectivity index (χ1) is 6.22. The van der Waals surface area contributed by atoms with E-state index >= 15 is 0 Å². The van der Waals surface area contributed by atoms with Crippen LogP contribution in [0.5, 0.6) is 0 Å². The van der Waals surface area contributed by atoms with Gasteiger partial charge in [0.2, 0.25) is 0 Å². The third-order valence-corrected chi connectivity index (χ3v) is 4.05. The van der Waals surface area contributed by atoms with Crippen molar-refractivity contribution in [3.05, 3.63) is 15.6 Å². The molecule has 1 saturated carbocycles. The molecule has 1 aromatic rings. The van der Waals surface area contributed by atoms with Gasteiger partial charge in [0.05, 0.1) is 22.2 Å². The molecule has 0 aliphatic heterocycles. The van der Waals surface area contributed by atoms with Crippen molar-refractivity contribution in [1.82, 2.24) is 4.98 Å². The molecule has 0 amide bonds. The minimum atomic E-state index is -0.144. The Balaban J connectivity index is 2.41. The van der Waals surface area contributed by atoms with Gasteiger partial charge in [-0.15, -0.1) is 11.3 Å². The zero-order valence-electron chi connectivity index (χ0n) is 7.92. The summed E-state index contributed by atoms with van der Waals surface area (Å²) in [5.74, 6) is 0. The summed E-state index contributed by atoms with van der Waals surface area (Å²) in [5, 5.41) is 10.2. The van der Waals surface area contributed by atoms with Gasteiger partial charge in [-0.2, -0.15) is 5.26 Å². The Morgan fingerprint density at radius 3 is 2.69 bits per heavy atom. The maximum Gasteiger partial charge on any atom is 0.0934 e. The molecule has 0 bridgehead atoms. The van der Waals surface area contributed by atoms with E-state index in [0.717, 1.165) is 30.0 Å². The van der Waals surface area contributed by atoms with Gasteiger partial charge in [-0.05, 0) is 26.2 Å². The molecule has 0 atom stereocenters. The van der Waals surface area contributed by atoms with Crippen LogP contribution in [-0.4, -0.2) is 4.98 Å². The summed E-state index contributed by atoms with van der Waals surface area (Å²) in [6.45, 7) is 4.12. The highest BCUT2D eigenvalue weighted by Crippen LogP contribution is 2.50. The van der Waals surface area contributed by atoms with Gasteiger partial charge in [0.25, 0.3) is 0 Å². The summed E-state index contributed by atoms with van der Waals surface area (Å²) in [4.78, 5) is 5.67. The van der Waals surface area contributed by atoms with Gasteiger partial charge in [-0.3, -0.25) is 0 Å². The Morgan fingerprint density at radius 1 is 1.62 bits per heavy atom. The van der Waals surface area contributed by atoms with Gasteiger partial charge in [-0.1, -0.05) is 6.92 Å². The molecule has 1 aliphatic rings. The molecule has 1 aromatic heterocycles. The number of aromatic nitrogens is 1. The molecule has 0 saturated heterocycles. The zero-order chi connectivity index (χ0) is 9.47. The molecule has 0 radical (unpaired) electrons. The summed E-state index contributed by atoms with van der Waals surface area (Å²) < 4.78 is 0. The smallest absolute Gasteiger partial charge is 0.0934 e. The maximum absolute atomic E-state index is 9.05. The van der Waals surface area contributed by atoms with Crippen LogP contribution in [0.1, 0.15) is 35.3 Å². The van der Waals surface area contributed by atoms with Gasteiger partial charge >= 0.3 is 0 Å². The Kier molecular flexibility index (Phi) is 1.88. The van der Waals surface area contributed by atoms with E-state index in [1.54, 1.807) is 11.3 Å². The minimum Gasteiger partial charge on any atom is -0.246 e. The van der Waals surface area contributed by atoms with E-state index < -0.39 is 0 Å². The van der Waals surface area contributed by atoms with Crippen LogP contribution in [0.4, 0.5) is 0 Å². The average Bonchev–Trinajstić information content (AvgIpc) is 2.85. The Morgan fingerprint density at radius 2 is 2.31 bits per heavy atom. The highest BCUT2D eigenvalue weighted by atomic mass is 32.1. The van der Waals surface area contributed by atoms with E-state index in [1.807, 2.05) is 6.92 Å². The maximum atomic E-state index is 9.05. The standard InChI is InChI=1S/C10H12N2S/c1-3-8-12-7(2)9(13-8)10(6-11)4-5-10/h3-5H2,1-2H3. The Hall–Kier alpha value is -0.880. The molecular weight excluding hydrogens is 180 g/mol. The van der Waals surface area contributed by atoms with Gasteiger partial charge in [0.15, 0.2) is 0 Å². The molecule has 1 fully saturated rings. The van der Waals surface area contributed by atoms with Crippen LogP contribution in [0.25, 0.3) is 0 Å². The van der Waals surface area contributed by atoms with Crippen molar-refractivity contribution < 1.29 is 0 Å². The first-order valence-corrected chi connectivity index (χ1v) is 5.41. The topological polar surface area (TPSA) is 36.7 Å². The first kappa shape index (κ1) is 8.71. The van der Waals surface area contributed by atoms with Crippen molar-refractivity contribution in [3.63, 3.8) is 0 Å². The third kappa shape index (κ3) is 1.26. The fraction of sp³-hybridized carbons (Fsp3) is 0.600. The van der Waals surface area contributed by atoms with Crippen molar-refractivity contribution >= 4 is 11.3 Å². The van der Waals surface area contributed by atoms with E-state index in [4.69, 9.17) is 5.26 Å². The quantitative estimate of drug-likeness (QED) is 0.722. The van der Waals surface area contributed by atoms with Crippen molar-refractivity contribution in [3.8, 4) is 6.07 Å². The molecule has 2 nitrogen and oxygen atoms in total. The number of hydrogen-bond donors (Lipinski definition) is 0. The minimum absolute atomic E-state index is 0.144. The van der Waals surface area contributed by atoms with Crippen LogP contribution < -0.4 is 0 Å². The summed E-state index contributed by atoms with van der Waals surface area (Å²) >= 11 is 1.72. The molecule has 68 valence electrons. The monoisotopic (exact) mass is 192 g/mol. The van der Waals surface area contributed by atoms with E-state index in [-0.39, 0.29) is 5.41 Å². The van der Waals surface area contributed by atoms with E-state index in [1.165, 1.54) is 4.88 Å². The van der Waals surface area contributed by atoms with Crippen LogP contribution in [0.3, 0.4) is 0 Å². The highest BCUT2D eigenvalue weighted by Gasteiger charge is 2.47. The van der Waals surface area contributed by atoms with Crippen LogP contribution >= 0.6 is 11.3 Å². The lowest BCUT2D eigenvalue weighted by Crippen LogP contribution is -2.01. The number of thiazole rings is 1. The van der Waals surface area contributed by atoms with E-state index in [0.29, 0.717) is 0 Å². The van der Waals surface area contributed by atoms with Crippen LogP contribution in [0.2, 0.25) is 0 Å². The van der Waals surface area contributed by atoms with Gasteiger partial charge in [0.1, 0.15) is 0 Å². The predicted octanol–water partition coefficient (Wildman–Crippen LogP) is 2.57. The average molecular weight is 192 g/mol. The van der Waals surface area contributed by atoms with Crippen LogP contribution in [0.15, 0.2) is 0 Å². The van der Waals surface area contributed by atoms with Crippen molar-refractivity contribution in [2.24, 2.45) is 0 Å². The van der Waals surface area contributed by atoms with Crippen molar-refractivity contribution in [1.29, 1.82) is 5.26 Å². The zero-order valence-corrected chi connectivity index (χ0v) is 8.74. The molecule has 1 aliphatic carbocycles. The van der Waals surface area contributed by atoms with Gasteiger partial charge in [0, 0.05) is 4.88 Å². The molecule has 3 heteroatoms. The van der Waals surface area contributed by atoms with Gasteiger partial charge < -0.3 is 0 Å². The number of aryl methyl sites for hydroxylation is 2. The number of rotatable bonds is 2. The summed E-state index contributed by atoms with van der Waals surface area (Å²) in [6, 6.07) is 2.42. The van der Waals surface area contributed by atoms with Crippen LogP contribution in [-0.2, 0) is 11.8 Å². The van der Waals surface area contributed by atoms with E-state index in [2.05, 4.69) is 18.0 Å².